The van der Waals surface area contributed by atoms with Crippen LogP contribution in [0.25, 0.3) is 0 Å². The molecule has 0 aliphatic heterocycles. The number of amides is 1. The van der Waals surface area contributed by atoms with E-state index in [0.29, 0.717) is 12.5 Å². The Morgan fingerprint density at radius 1 is 1.33 bits per heavy atom. The van der Waals surface area contributed by atoms with Gasteiger partial charge in [0, 0.05) is 13.2 Å². The predicted molar refractivity (Wildman–Crippen MR) is 71.1 cm³/mol. The molecule has 1 aliphatic carbocycles. The number of aliphatic hydroxyl groups is 2. The van der Waals surface area contributed by atoms with Gasteiger partial charge >= 0.3 is 0 Å². The van der Waals surface area contributed by atoms with Crippen LogP contribution in [-0.4, -0.2) is 34.9 Å². The molecule has 0 aromatic rings. The molecule has 106 valence electrons. The smallest absolute Gasteiger partial charge is 0.222 e. The normalized spacial score (nSPS) is 19.7. The van der Waals surface area contributed by atoms with Gasteiger partial charge in [-0.15, -0.1) is 0 Å². The third-order valence-corrected chi connectivity index (χ3v) is 3.85. The first kappa shape index (κ1) is 15.4. The second kappa shape index (κ2) is 7.74. The minimum atomic E-state index is -0.763. The van der Waals surface area contributed by atoms with E-state index in [4.69, 9.17) is 5.11 Å². The molecule has 0 aromatic heterocycles. The second-order valence-corrected chi connectivity index (χ2v) is 5.58. The van der Waals surface area contributed by atoms with Gasteiger partial charge in [-0.1, -0.05) is 26.2 Å². The average Bonchev–Trinajstić information content (AvgIpc) is 2.73. The molecule has 0 spiro atoms. The van der Waals surface area contributed by atoms with Gasteiger partial charge in [-0.2, -0.15) is 0 Å². The molecule has 4 heteroatoms. The number of carbonyl (C=O) groups excluding carboxylic acids is 1. The van der Waals surface area contributed by atoms with E-state index in [2.05, 4.69) is 12.2 Å². The molecular weight excluding hydrogens is 230 g/mol. The van der Waals surface area contributed by atoms with Crippen LogP contribution in [0.4, 0.5) is 0 Å². The molecular formula is C14H27NO3. The molecule has 0 heterocycles. The highest BCUT2D eigenvalue weighted by Gasteiger charge is 2.33. The van der Waals surface area contributed by atoms with E-state index in [1.165, 1.54) is 0 Å². The summed E-state index contributed by atoms with van der Waals surface area (Å²) < 4.78 is 0. The molecule has 1 atom stereocenters. The first-order chi connectivity index (χ1) is 8.59. The lowest BCUT2D eigenvalue weighted by Crippen LogP contribution is -2.36. The van der Waals surface area contributed by atoms with Gasteiger partial charge in [0.15, 0.2) is 0 Å². The van der Waals surface area contributed by atoms with Gasteiger partial charge in [-0.05, 0) is 31.6 Å². The number of rotatable bonds is 8. The Morgan fingerprint density at radius 2 is 2.00 bits per heavy atom. The quantitative estimate of drug-likeness (QED) is 0.618. The maximum absolute atomic E-state index is 11.8. The molecule has 1 saturated carbocycles. The van der Waals surface area contributed by atoms with Crippen molar-refractivity contribution < 1.29 is 15.0 Å². The Morgan fingerprint density at radius 3 is 2.56 bits per heavy atom. The fourth-order valence-electron chi connectivity index (χ4n) is 2.77. The fraction of sp³-hybridized carbons (Fsp3) is 0.929. The summed E-state index contributed by atoms with van der Waals surface area (Å²) in [5.41, 5.74) is -0.763. The first-order valence-electron chi connectivity index (χ1n) is 7.19. The minimum Gasteiger partial charge on any atom is -0.396 e. The number of aliphatic hydroxyl groups excluding tert-OH is 1. The lowest BCUT2D eigenvalue weighted by molar-refractivity contribution is -0.126. The van der Waals surface area contributed by atoms with Crippen molar-refractivity contribution in [3.8, 4) is 0 Å². The molecule has 4 nitrogen and oxygen atoms in total. The standard InChI is InChI=1S/C14H27NO3/c1-2-5-12(6-9-16)11-15-13(17)10-14(18)7-3-4-8-14/h12,16,18H,2-11H2,1H3,(H,15,17). The first-order valence-corrected chi connectivity index (χ1v) is 7.19. The van der Waals surface area contributed by atoms with Crippen LogP contribution in [0.3, 0.4) is 0 Å². The average molecular weight is 257 g/mol. The lowest BCUT2D eigenvalue weighted by atomic mass is 9.96. The zero-order valence-electron chi connectivity index (χ0n) is 11.5. The lowest BCUT2D eigenvalue weighted by Gasteiger charge is -2.22. The number of hydrogen-bond acceptors (Lipinski definition) is 3. The van der Waals surface area contributed by atoms with Gasteiger partial charge < -0.3 is 15.5 Å². The Kier molecular flexibility index (Phi) is 6.65. The summed E-state index contributed by atoms with van der Waals surface area (Å²) in [4.78, 5) is 11.8. The highest BCUT2D eigenvalue weighted by molar-refractivity contribution is 5.77. The van der Waals surface area contributed by atoms with Crippen molar-refractivity contribution in [1.29, 1.82) is 0 Å². The summed E-state index contributed by atoms with van der Waals surface area (Å²) in [5, 5.41) is 22.0. The summed E-state index contributed by atoms with van der Waals surface area (Å²) in [5.74, 6) is 0.292. The number of nitrogens with one attached hydrogen (secondary N) is 1. The van der Waals surface area contributed by atoms with E-state index < -0.39 is 5.60 Å². The Bertz CT molecular complexity index is 243. The largest absolute Gasteiger partial charge is 0.396 e. The third kappa shape index (κ3) is 5.36. The van der Waals surface area contributed by atoms with Crippen LogP contribution < -0.4 is 5.32 Å². The van der Waals surface area contributed by atoms with Gasteiger partial charge in [0.1, 0.15) is 0 Å². The van der Waals surface area contributed by atoms with Gasteiger partial charge in [0.25, 0.3) is 0 Å². The van der Waals surface area contributed by atoms with Crippen LogP contribution in [0, 0.1) is 5.92 Å². The van der Waals surface area contributed by atoms with E-state index in [0.717, 1.165) is 44.9 Å². The molecule has 0 radical (unpaired) electrons. The molecule has 0 bridgehead atoms. The van der Waals surface area contributed by atoms with Crippen molar-refractivity contribution in [2.45, 2.75) is 63.9 Å². The summed E-state index contributed by atoms with van der Waals surface area (Å²) >= 11 is 0. The van der Waals surface area contributed by atoms with Gasteiger partial charge in [-0.25, -0.2) is 0 Å². The molecule has 3 N–H and O–H groups in total. The predicted octanol–water partition coefficient (Wildman–Crippen LogP) is 1.60. The van der Waals surface area contributed by atoms with Crippen LogP contribution in [0.2, 0.25) is 0 Å². The zero-order valence-corrected chi connectivity index (χ0v) is 11.5. The number of hydrogen-bond donors (Lipinski definition) is 3. The fourth-order valence-corrected chi connectivity index (χ4v) is 2.77. The summed E-state index contributed by atoms with van der Waals surface area (Å²) in [6.45, 7) is 2.89. The third-order valence-electron chi connectivity index (χ3n) is 3.85. The van der Waals surface area contributed by atoms with Crippen molar-refractivity contribution in [1.82, 2.24) is 5.32 Å². The van der Waals surface area contributed by atoms with Gasteiger partial charge in [0.2, 0.25) is 5.91 Å². The van der Waals surface area contributed by atoms with Crippen molar-refractivity contribution in [2.75, 3.05) is 13.2 Å². The molecule has 0 saturated heterocycles. The summed E-state index contributed by atoms with van der Waals surface area (Å²) in [7, 11) is 0. The molecule has 1 fully saturated rings. The molecule has 1 amide bonds. The van der Waals surface area contributed by atoms with Crippen molar-refractivity contribution in [2.24, 2.45) is 5.92 Å². The summed E-state index contributed by atoms with van der Waals surface area (Å²) in [6.07, 6.45) is 6.57. The zero-order chi connectivity index (χ0) is 13.4. The van der Waals surface area contributed by atoms with Gasteiger partial charge in [-0.3, -0.25) is 4.79 Å². The van der Waals surface area contributed by atoms with E-state index in [9.17, 15) is 9.90 Å². The van der Waals surface area contributed by atoms with Crippen molar-refractivity contribution in [3.63, 3.8) is 0 Å². The van der Waals surface area contributed by atoms with Gasteiger partial charge in [0.05, 0.1) is 12.0 Å². The Balaban J connectivity index is 2.26. The maximum atomic E-state index is 11.8. The van der Waals surface area contributed by atoms with Crippen LogP contribution in [0.5, 0.6) is 0 Å². The van der Waals surface area contributed by atoms with E-state index in [1.807, 2.05) is 0 Å². The second-order valence-electron chi connectivity index (χ2n) is 5.58. The Labute approximate surface area is 110 Å². The van der Waals surface area contributed by atoms with Crippen LogP contribution in [0.15, 0.2) is 0 Å². The molecule has 1 rings (SSSR count). The SMILES string of the molecule is CCCC(CCO)CNC(=O)CC1(O)CCCC1. The highest BCUT2D eigenvalue weighted by atomic mass is 16.3. The highest BCUT2D eigenvalue weighted by Crippen LogP contribution is 2.32. The van der Waals surface area contributed by atoms with Crippen LogP contribution in [0.1, 0.15) is 58.3 Å². The minimum absolute atomic E-state index is 0.0570. The summed E-state index contributed by atoms with van der Waals surface area (Å²) in [6, 6.07) is 0. The molecule has 1 aliphatic rings. The van der Waals surface area contributed by atoms with Crippen molar-refractivity contribution >= 4 is 5.91 Å². The molecule has 1 unspecified atom stereocenters. The molecule has 0 aromatic carbocycles. The van der Waals surface area contributed by atoms with E-state index >= 15 is 0 Å². The van der Waals surface area contributed by atoms with E-state index in [1.54, 1.807) is 0 Å². The topological polar surface area (TPSA) is 69.6 Å². The van der Waals surface area contributed by atoms with Crippen LogP contribution in [-0.2, 0) is 4.79 Å². The van der Waals surface area contributed by atoms with Crippen molar-refractivity contribution in [3.05, 3.63) is 0 Å². The number of carbonyl (C=O) groups is 1. The van der Waals surface area contributed by atoms with E-state index in [-0.39, 0.29) is 18.9 Å². The Hall–Kier alpha value is -0.610. The monoisotopic (exact) mass is 257 g/mol. The maximum Gasteiger partial charge on any atom is 0.222 e. The van der Waals surface area contributed by atoms with Crippen LogP contribution >= 0.6 is 0 Å². The molecule has 18 heavy (non-hydrogen) atoms.